The lowest BCUT2D eigenvalue weighted by Gasteiger charge is -2.11. The zero-order valence-corrected chi connectivity index (χ0v) is 20.0. The van der Waals surface area contributed by atoms with Crippen molar-refractivity contribution in [2.45, 2.75) is 20.4 Å². The van der Waals surface area contributed by atoms with Crippen LogP contribution >= 0.6 is 0 Å². The minimum atomic E-state index is -0.227. The zero-order valence-electron chi connectivity index (χ0n) is 20.0. The molecule has 7 heteroatoms. The normalized spacial score (nSPS) is 10.8. The number of nitrogens with one attached hydrogen (secondary N) is 1. The van der Waals surface area contributed by atoms with E-state index in [2.05, 4.69) is 16.5 Å². The van der Waals surface area contributed by atoms with Gasteiger partial charge in [-0.25, -0.2) is 4.98 Å². The number of nitrogen functional groups attached to an aromatic ring is 1. The molecule has 0 unspecified atom stereocenters. The molecule has 3 aromatic carbocycles. The number of hydrogen-bond acceptors (Lipinski definition) is 5. The molecule has 7 nitrogen and oxygen atoms in total. The van der Waals surface area contributed by atoms with E-state index in [0.29, 0.717) is 34.7 Å². The van der Waals surface area contributed by atoms with E-state index < -0.39 is 0 Å². The highest BCUT2D eigenvalue weighted by Gasteiger charge is 2.19. The van der Waals surface area contributed by atoms with E-state index in [1.165, 1.54) is 0 Å². The predicted octanol–water partition coefficient (Wildman–Crippen LogP) is 5.47. The summed E-state index contributed by atoms with van der Waals surface area (Å²) < 4.78 is 1.86. The number of aromatic nitrogens is 3. The molecule has 0 atom stereocenters. The first-order valence-corrected chi connectivity index (χ1v) is 11.5. The quantitative estimate of drug-likeness (QED) is 0.330. The largest absolute Gasteiger partial charge is 0.399 e. The lowest BCUT2D eigenvalue weighted by molar-refractivity contribution is 0.102. The van der Waals surface area contributed by atoms with Crippen LogP contribution in [0.5, 0.6) is 0 Å². The Morgan fingerprint density at radius 1 is 1.03 bits per heavy atom. The number of amides is 1. The predicted molar refractivity (Wildman–Crippen MR) is 142 cm³/mol. The van der Waals surface area contributed by atoms with Crippen molar-refractivity contribution in [1.82, 2.24) is 14.8 Å². The van der Waals surface area contributed by atoms with Gasteiger partial charge in [-0.1, -0.05) is 42.5 Å². The maximum atomic E-state index is 13.6. The van der Waals surface area contributed by atoms with E-state index >= 15 is 0 Å². The number of hydrogen-bond donors (Lipinski definition) is 2. The highest BCUT2D eigenvalue weighted by molar-refractivity contribution is 6.13. The Bertz CT molecular complexity index is 1630. The van der Waals surface area contributed by atoms with Crippen LogP contribution in [0.1, 0.15) is 32.9 Å². The molecule has 0 fully saturated rings. The molecule has 176 valence electrons. The van der Waals surface area contributed by atoms with Gasteiger partial charge >= 0.3 is 0 Å². The first-order chi connectivity index (χ1) is 17.4. The highest BCUT2D eigenvalue weighted by Crippen LogP contribution is 2.28. The molecular formula is C29H24N6O. The Morgan fingerprint density at radius 3 is 2.47 bits per heavy atom. The zero-order chi connectivity index (χ0) is 25.2. The molecule has 2 heterocycles. The summed E-state index contributed by atoms with van der Waals surface area (Å²) in [5.74, 6) is -0.227. The molecule has 0 saturated heterocycles. The van der Waals surface area contributed by atoms with Crippen molar-refractivity contribution in [3.05, 3.63) is 107 Å². The van der Waals surface area contributed by atoms with E-state index in [-0.39, 0.29) is 5.91 Å². The van der Waals surface area contributed by atoms with Gasteiger partial charge in [0, 0.05) is 16.6 Å². The Labute approximate surface area is 208 Å². The minimum Gasteiger partial charge on any atom is -0.399 e. The van der Waals surface area contributed by atoms with E-state index in [4.69, 9.17) is 16.0 Å². The fourth-order valence-corrected chi connectivity index (χ4v) is 4.24. The number of nitrogens with two attached hydrogens (primary N) is 1. The molecule has 1 amide bonds. The summed E-state index contributed by atoms with van der Waals surface area (Å²) in [6.07, 6.45) is 0. The van der Waals surface area contributed by atoms with Gasteiger partial charge in [-0.15, -0.1) is 0 Å². The smallest absolute Gasteiger partial charge is 0.256 e. The number of pyridine rings is 1. The van der Waals surface area contributed by atoms with Gasteiger partial charge in [0.25, 0.3) is 5.91 Å². The summed E-state index contributed by atoms with van der Waals surface area (Å²) in [5.41, 5.74) is 13.3. The van der Waals surface area contributed by atoms with Crippen LogP contribution in [0.4, 0.5) is 11.4 Å². The second-order valence-corrected chi connectivity index (χ2v) is 8.66. The molecule has 0 aliphatic carbocycles. The van der Waals surface area contributed by atoms with E-state index in [1.807, 2.05) is 85.3 Å². The van der Waals surface area contributed by atoms with Crippen LogP contribution in [0.2, 0.25) is 0 Å². The summed E-state index contributed by atoms with van der Waals surface area (Å²) in [6.45, 7) is 4.35. The van der Waals surface area contributed by atoms with E-state index in [9.17, 15) is 4.79 Å². The third-order valence-electron chi connectivity index (χ3n) is 6.20. The maximum Gasteiger partial charge on any atom is 0.256 e. The fourth-order valence-electron chi connectivity index (χ4n) is 4.24. The van der Waals surface area contributed by atoms with E-state index in [1.54, 1.807) is 12.1 Å². The fraction of sp³-hybridized carbons (Fsp3) is 0.103. The van der Waals surface area contributed by atoms with Gasteiger partial charge in [-0.2, -0.15) is 10.4 Å². The first-order valence-electron chi connectivity index (χ1n) is 11.5. The molecule has 0 aliphatic rings. The van der Waals surface area contributed by atoms with Crippen LogP contribution < -0.4 is 11.1 Å². The van der Waals surface area contributed by atoms with Crippen LogP contribution in [-0.4, -0.2) is 20.7 Å². The van der Waals surface area contributed by atoms with Gasteiger partial charge in [0.2, 0.25) is 0 Å². The SMILES string of the molecule is Cc1nn(Cc2ccc(C#N)cc2)c(C)c1NC(=O)c1cc(-c2ccc(N)cc2)nc2ccccc12. The molecule has 3 N–H and O–H groups in total. The van der Waals surface area contributed by atoms with Crippen molar-refractivity contribution >= 4 is 28.2 Å². The number of anilines is 2. The second kappa shape index (κ2) is 9.35. The first kappa shape index (κ1) is 22.8. The molecule has 0 aliphatic heterocycles. The van der Waals surface area contributed by atoms with Crippen molar-refractivity contribution in [3.8, 4) is 17.3 Å². The number of nitrogens with zero attached hydrogens (tertiary/aromatic N) is 4. The number of para-hydroxylation sites is 1. The number of nitriles is 1. The van der Waals surface area contributed by atoms with Crippen LogP contribution in [0.25, 0.3) is 22.2 Å². The summed E-state index contributed by atoms with van der Waals surface area (Å²) in [6, 6.07) is 26.4. The van der Waals surface area contributed by atoms with Crippen molar-refractivity contribution in [2.75, 3.05) is 11.1 Å². The second-order valence-electron chi connectivity index (χ2n) is 8.66. The molecule has 0 radical (unpaired) electrons. The van der Waals surface area contributed by atoms with Gasteiger partial charge in [0.05, 0.1) is 52.0 Å². The molecule has 5 aromatic rings. The molecule has 2 aromatic heterocycles. The average Bonchev–Trinajstić information content (AvgIpc) is 3.16. The summed E-state index contributed by atoms with van der Waals surface area (Å²) in [5, 5.41) is 17.5. The number of rotatable bonds is 5. The van der Waals surface area contributed by atoms with Gasteiger partial charge in [0.15, 0.2) is 0 Å². The topological polar surface area (TPSA) is 110 Å². The van der Waals surface area contributed by atoms with Gasteiger partial charge < -0.3 is 11.1 Å². The summed E-state index contributed by atoms with van der Waals surface area (Å²) >= 11 is 0. The summed E-state index contributed by atoms with van der Waals surface area (Å²) in [4.78, 5) is 18.3. The van der Waals surface area contributed by atoms with Gasteiger partial charge in [0.1, 0.15) is 0 Å². The molecule has 0 saturated carbocycles. The highest BCUT2D eigenvalue weighted by atomic mass is 16.1. The Morgan fingerprint density at radius 2 is 1.75 bits per heavy atom. The molecule has 0 bridgehead atoms. The van der Waals surface area contributed by atoms with Crippen LogP contribution in [0, 0.1) is 25.2 Å². The number of carbonyl (C=O) groups excluding carboxylic acids is 1. The van der Waals surface area contributed by atoms with E-state index in [0.717, 1.165) is 33.4 Å². The summed E-state index contributed by atoms with van der Waals surface area (Å²) in [7, 11) is 0. The number of benzene rings is 3. The standard InChI is InChI=1S/C29H24N6O/c1-18-28(19(2)35(34-18)17-21-9-7-20(16-30)8-10-21)33-29(36)25-15-27(22-11-13-23(31)14-12-22)32-26-6-4-3-5-24(25)26/h3-15H,17,31H2,1-2H3,(H,33,36). The Balaban J connectivity index is 1.48. The van der Waals surface area contributed by atoms with Crippen LogP contribution in [-0.2, 0) is 6.54 Å². The van der Waals surface area contributed by atoms with Crippen molar-refractivity contribution < 1.29 is 4.79 Å². The lowest BCUT2D eigenvalue weighted by atomic mass is 10.0. The molecule has 5 rings (SSSR count). The van der Waals surface area contributed by atoms with Crippen molar-refractivity contribution in [3.63, 3.8) is 0 Å². The third-order valence-corrected chi connectivity index (χ3v) is 6.20. The van der Waals surface area contributed by atoms with Crippen LogP contribution in [0.15, 0.2) is 78.9 Å². The molecule has 36 heavy (non-hydrogen) atoms. The lowest BCUT2D eigenvalue weighted by Crippen LogP contribution is -2.14. The van der Waals surface area contributed by atoms with Crippen molar-refractivity contribution in [2.24, 2.45) is 0 Å². The number of carbonyl (C=O) groups is 1. The van der Waals surface area contributed by atoms with Gasteiger partial charge in [-0.3, -0.25) is 9.48 Å². The third kappa shape index (κ3) is 4.40. The molecular weight excluding hydrogens is 448 g/mol. The van der Waals surface area contributed by atoms with Gasteiger partial charge in [-0.05, 0) is 55.8 Å². The van der Waals surface area contributed by atoms with Crippen molar-refractivity contribution in [1.29, 1.82) is 5.26 Å². The monoisotopic (exact) mass is 472 g/mol. The maximum absolute atomic E-state index is 13.6. The number of fused-ring (bicyclic) bond motifs is 1. The number of aryl methyl sites for hydroxylation is 1. The Kier molecular flexibility index (Phi) is 5.93. The molecule has 0 spiro atoms. The van der Waals surface area contributed by atoms with Crippen LogP contribution in [0.3, 0.4) is 0 Å². The Hall–Kier alpha value is -4.96. The minimum absolute atomic E-state index is 0.227. The average molecular weight is 473 g/mol.